The first-order chi connectivity index (χ1) is 8.49. The van der Waals surface area contributed by atoms with Crippen molar-refractivity contribution in [3.63, 3.8) is 0 Å². The van der Waals surface area contributed by atoms with Gasteiger partial charge in [-0.15, -0.1) is 0 Å². The first-order valence-corrected chi connectivity index (χ1v) is 6.62. The molecule has 0 aliphatic carbocycles. The van der Waals surface area contributed by atoms with Crippen LogP contribution in [0.15, 0.2) is 24.3 Å². The van der Waals surface area contributed by atoms with Gasteiger partial charge in [0.15, 0.2) is 0 Å². The summed E-state index contributed by atoms with van der Waals surface area (Å²) in [6.07, 6.45) is 2.14. The molecule has 1 unspecified atom stereocenters. The Labute approximate surface area is 110 Å². The summed E-state index contributed by atoms with van der Waals surface area (Å²) in [5.41, 5.74) is 1.94. The van der Waals surface area contributed by atoms with Crippen molar-refractivity contribution in [2.45, 2.75) is 46.6 Å². The molecule has 0 saturated heterocycles. The van der Waals surface area contributed by atoms with Gasteiger partial charge in [0, 0.05) is 11.7 Å². The molecule has 2 N–H and O–H groups in total. The molecule has 0 bridgehead atoms. The fourth-order valence-corrected chi connectivity index (χ4v) is 1.75. The average Bonchev–Trinajstić information content (AvgIpc) is 2.29. The standard InChI is InChI=1S/C15H24N2O/c1-11(2)9-10-13(4)16-15(18)17-14-8-6-5-7-12(14)3/h5-8,11,13H,9-10H2,1-4H3,(H2,16,17,18). The fraction of sp³-hybridized carbons (Fsp3) is 0.533. The van der Waals surface area contributed by atoms with Crippen LogP contribution in [0.5, 0.6) is 0 Å². The first-order valence-electron chi connectivity index (χ1n) is 6.62. The maximum absolute atomic E-state index is 11.8. The summed E-state index contributed by atoms with van der Waals surface area (Å²) in [6.45, 7) is 8.41. The maximum Gasteiger partial charge on any atom is 0.319 e. The van der Waals surface area contributed by atoms with E-state index in [1.807, 2.05) is 38.1 Å². The normalized spacial score (nSPS) is 12.3. The van der Waals surface area contributed by atoms with Crippen LogP contribution in [0.4, 0.5) is 10.5 Å². The molecule has 0 spiro atoms. The lowest BCUT2D eigenvalue weighted by Crippen LogP contribution is -2.36. The molecule has 0 heterocycles. The molecule has 3 nitrogen and oxygen atoms in total. The Kier molecular flexibility index (Phi) is 5.69. The van der Waals surface area contributed by atoms with Gasteiger partial charge in [-0.1, -0.05) is 32.0 Å². The second kappa shape index (κ2) is 7.04. The second-order valence-electron chi connectivity index (χ2n) is 5.29. The van der Waals surface area contributed by atoms with Crippen LogP contribution in [-0.2, 0) is 0 Å². The quantitative estimate of drug-likeness (QED) is 0.814. The zero-order valence-corrected chi connectivity index (χ0v) is 11.8. The third-order valence-corrected chi connectivity index (χ3v) is 2.95. The molecule has 0 aromatic heterocycles. The number of aryl methyl sites for hydroxylation is 1. The van der Waals surface area contributed by atoms with Crippen molar-refractivity contribution in [3.8, 4) is 0 Å². The number of nitrogens with one attached hydrogen (secondary N) is 2. The minimum Gasteiger partial charge on any atom is -0.335 e. The van der Waals surface area contributed by atoms with Crippen LogP contribution in [0.3, 0.4) is 0 Å². The number of carbonyl (C=O) groups excluding carboxylic acids is 1. The number of benzene rings is 1. The van der Waals surface area contributed by atoms with Gasteiger partial charge in [-0.3, -0.25) is 0 Å². The monoisotopic (exact) mass is 248 g/mol. The molecule has 2 amide bonds. The van der Waals surface area contributed by atoms with Gasteiger partial charge in [-0.2, -0.15) is 0 Å². The van der Waals surface area contributed by atoms with Gasteiger partial charge in [0.2, 0.25) is 0 Å². The van der Waals surface area contributed by atoms with E-state index in [1.54, 1.807) is 0 Å². The lowest BCUT2D eigenvalue weighted by molar-refractivity contribution is 0.248. The van der Waals surface area contributed by atoms with Crippen molar-refractivity contribution in [2.24, 2.45) is 5.92 Å². The predicted molar refractivity (Wildman–Crippen MR) is 76.9 cm³/mol. The Hall–Kier alpha value is -1.51. The van der Waals surface area contributed by atoms with Crippen molar-refractivity contribution in [3.05, 3.63) is 29.8 Å². The molecule has 0 radical (unpaired) electrons. The van der Waals surface area contributed by atoms with Gasteiger partial charge in [-0.05, 0) is 44.2 Å². The minimum absolute atomic E-state index is 0.124. The highest BCUT2D eigenvalue weighted by Crippen LogP contribution is 2.13. The van der Waals surface area contributed by atoms with Crippen LogP contribution in [0.25, 0.3) is 0 Å². The number of carbonyl (C=O) groups is 1. The average molecular weight is 248 g/mol. The number of hydrogen-bond acceptors (Lipinski definition) is 1. The smallest absolute Gasteiger partial charge is 0.319 e. The molecular weight excluding hydrogens is 224 g/mol. The van der Waals surface area contributed by atoms with Crippen molar-refractivity contribution in [2.75, 3.05) is 5.32 Å². The van der Waals surface area contributed by atoms with Crippen LogP contribution in [0.1, 0.15) is 39.2 Å². The predicted octanol–water partition coefficient (Wildman–Crippen LogP) is 3.94. The SMILES string of the molecule is Cc1ccccc1NC(=O)NC(C)CCC(C)C. The van der Waals surface area contributed by atoms with E-state index in [4.69, 9.17) is 0 Å². The summed E-state index contributed by atoms with van der Waals surface area (Å²) in [7, 11) is 0. The number of amides is 2. The van der Waals surface area contributed by atoms with Gasteiger partial charge in [0.25, 0.3) is 0 Å². The maximum atomic E-state index is 11.8. The van der Waals surface area contributed by atoms with Gasteiger partial charge in [0.05, 0.1) is 0 Å². The number of anilines is 1. The number of para-hydroxylation sites is 1. The van der Waals surface area contributed by atoms with E-state index in [-0.39, 0.29) is 12.1 Å². The Bertz CT molecular complexity index is 388. The summed E-state index contributed by atoms with van der Waals surface area (Å²) in [4.78, 5) is 11.8. The molecule has 0 aliphatic rings. The second-order valence-corrected chi connectivity index (χ2v) is 5.29. The first kappa shape index (κ1) is 14.6. The number of urea groups is 1. The molecule has 0 fully saturated rings. The van der Waals surface area contributed by atoms with Crippen molar-refractivity contribution in [1.82, 2.24) is 5.32 Å². The highest BCUT2D eigenvalue weighted by Gasteiger charge is 2.08. The summed E-state index contributed by atoms with van der Waals surface area (Å²) < 4.78 is 0. The Morgan fingerprint density at radius 3 is 2.44 bits per heavy atom. The van der Waals surface area contributed by atoms with Crippen LogP contribution in [-0.4, -0.2) is 12.1 Å². The Balaban J connectivity index is 2.40. The Morgan fingerprint density at radius 2 is 1.83 bits per heavy atom. The molecular formula is C15H24N2O. The third-order valence-electron chi connectivity index (χ3n) is 2.95. The van der Waals surface area contributed by atoms with Gasteiger partial charge < -0.3 is 10.6 Å². The largest absolute Gasteiger partial charge is 0.335 e. The van der Waals surface area contributed by atoms with Crippen LogP contribution in [0.2, 0.25) is 0 Å². The van der Waals surface area contributed by atoms with Gasteiger partial charge in [-0.25, -0.2) is 4.79 Å². The minimum atomic E-state index is -0.124. The molecule has 0 aliphatic heterocycles. The lowest BCUT2D eigenvalue weighted by atomic mass is 10.0. The van der Waals surface area contributed by atoms with E-state index in [2.05, 4.69) is 24.5 Å². The molecule has 1 aromatic carbocycles. The highest BCUT2D eigenvalue weighted by atomic mass is 16.2. The van der Waals surface area contributed by atoms with Gasteiger partial charge in [0.1, 0.15) is 0 Å². The van der Waals surface area contributed by atoms with E-state index < -0.39 is 0 Å². The summed E-state index contributed by atoms with van der Waals surface area (Å²) in [5.74, 6) is 0.675. The zero-order valence-electron chi connectivity index (χ0n) is 11.8. The summed E-state index contributed by atoms with van der Waals surface area (Å²) in [6, 6.07) is 7.86. The van der Waals surface area contributed by atoms with E-state index >= 15 is 0 Å². The molecule has 1 atom stereocenters. The van der Waals surface area contributed by atoms with E-state index in [9.17, 15) is 4.79 Å². The summed E-state index contributed by atoms with van der Waals surface area (Å²) in [5, 5.41) is 5.84. The molecule has 1 aromatic rings. The van der Waals surface area contributed by atoms with E-state index in [1.165, 1.54) is 0 Å². The van der Waals surface area contributed by atoms with Crippen molar-refractivity contribution in [1.29, 1.82) is 0 Å². The van der Waals surface area contributed by atoms with Crippen LogP contribution in [0, 0.1) is 12.8 Å². The molecule has 0 saturated carbocycles. The summed E-state index contributed by atoms with van der Waals surface area (Å²) >= 11 is 0. The van der Waals surface area contributed by atoms with E-state index in [0.29, 0.717) is 5.92 Å². The van der Waals surface area contributed by atoms with Crippen molar-refractivity contribution < 1.29 is 4.79 Å². The topological polar surface area (TPSA) is 41.1 Å². The third kappa shape index (κ3) is 5.21. The number of rotatable bonds is 5. The van der Waals surface area contributed by atoms with Crippen LogP contribution < -0.4 is 10.6 Å². The zero-order chi connectivity index (χ0) is 13.5. The molecule has 3 heteroatoms. The number of hydrogen-bond donors (Lipinski definition) is 2. The lowest BCUT2D eigenvalue weighted by Gasteiger charge is -2.16. The fourth-order valence-electron chi connectivity index (χ4n) is 1.75. The highest BCUT2D eigenvalue weighted by molar-refractivity contribution is 5.90. The molecule has 1 rings (SSSR count). The molecule has 18 heavy (non-hydrogen) atoms. The molecule has 100 valence electrons. The van der Waals surface area contributed by atoms with Crippen molar-refractivity contribution >= 4 is 11.7 Å². The van der Waals surface area contributed by atoms with Crippen LogP contribution >= 0.6 is 0 Å². The Morgan fingerprint density at radius 1 is 1.17 bits per heavy atom. The van der Waals surface area contributed by atoms with E-state index in [0.717, 1.165) is 24.1 Å². The van der Waals surface area contributed by atoms with Gasteiger partial charge >= 0.3 is 6.03 Å².